The predicted octanol–water partition coefficient (Wildman–Crippen LogP) is 1.99. The fourth-order valence-corrected chi connectivity index (χ4v) is 3.52. The van der Waals surface area contributed by atoms with E-state index < -0.39 is 0 Å². The molecule has 0 N–H and O–H groups in total. The lowest BCUT2D eigenvalue weighted by Gasteiger charge is -2.26. The molecule has 3 rings (SSSR count). The highest BCUT2D eigenvalue weighted by molar-refractivity contribution is 5.37. The number of hydrogen-bond acceptors (Lipinski definition) is 5. The van der Waals surface area contributed by atoms with E-state index in [9.17, 15) is 9.59 Å². The Morgan fingerprint density at radius 2 is 1.81 bits per heavy atom. The SMILES string of the molecule is CC(C)N(CCCc1cc(=O)n(C)c(=O)n1C)CCOc1ccc(-n2ccnc2)cc1. The van der Waals surface area contributed by atoms with Gasteiger partial charge in [0.25, 0.3) is 5.56 Å². The molecule has 8 nitrogen and oxygen atoms in total. The summed E-state index contributed by atoms with van der Waals surface area (Å²) in [5.74, 6) is 0.836. The van der Waals surface area contributed by atoms with Crippen LogP contribution in [0.3, 0.4) is 0 Å². The van der Waals surface area contributed by atoms with Crippen LogP contribution < -0.4 is 16.0 Å². The summed E-state index contributed by atoms with van der Waals surface area (Å²) in [6, 6.07) is 9.87. The lowest BCUT2D eigenvalue weighted by Crippen LogP contribution is -2.38. The summed E-state index contributed by atoms with van der Waals surface area (Å²) in [6.07, 6.45) is 6.96. The highest BCUT2D eigenvalue weighted by Gasteiger charge is 2.11. The van der Waals surface area contributed by atoms with Gasteiger partial charge in [0.15, 0.2) is 0 Å². The molecule has 0 unspecified atom stereocenters. The van der Waals surface area contributed by atoms with Crippen LogP contribution in [0.4, 0.5) is 0 Å². The number of rotatable bonds is 10. The normalized spacial score (nSPS) is 11.4. The van der Waals surface area contributed by atoms with E-state index in [1.807, 2.05) is 35.0 Å². The second kappa shape index (κ2) is 10.3. The Morgan fingerprint density at radius 1 is 1.06 bits per heavy atom. The minimum absolute atomic E-state index is 0.258. The lowest BCUT2D eigenvalue weighted by molar-refractivity contribution is 0.174. The molecule has 3 aromatic rings. The van der Waals surface area contributed by atoms with Crippen molar-refractivity contribution in [2.45, 2.75) is 32.7 Å². The summed E-state index contributed by atoms with van der Waals surface area (Å²) in [4.78, 5) is 30.4. The zero-order valence-corrected chi connectivity index (χ0v) is 18.7. The first-order chi connectivity index (χ1) is 14.9. The number of nitrogens with zero attached hydrogens (tertiary/aromatic N) is 5. The van der Waals surface area contributed by atoms with Gasteiger partial charge in [0.05, 0.1) is 6.33 Å². The van der Waals surface area contributed by atoms with Crippen LogP contribution >= 0.6 is 0 Å². The Bertz CT molecular complexity index is 1080. The molecule has 0 aliphatic carbocycles. The van der Waals surface area contributed by atoms with Gasteiger partial charge >= 0.3 is 5.69 Å². The van der Waals surface area contributed by atoms with Gasteiger partial charge in [-0.25, -0.2) is 9.78 Å². The van der Waals surface area contributed by atoms with Crippen molar-refractivity contribution in [3.63, 3.8) is 0 Å². The maximum atomic E-state index is 12.1. The van der Waals surface area contributed by atoms with E-state index in [2.05, 4.69) is 23.7 Å². The summed E-state index contributed by atoms with van der Waals surface area (Å²) in [7, 11) is 3.21. The molecule has 0 amide bonds. The standard InChI is InChI=1S/C23H31N5O3/c1-18(2)27(12-5-6-20-16-22(29)26(4)23(30)25(20)3)14-15-31-21-9-7-19(8-10-21)28-13-11-24-17-28/h7-11,13,16-18H,5-6,12,14-15H2,1-4H3. The van der Waals surface area contributed by atoms with Crippen LogP contribution in [0.1, 0.15) is 26.0 Å². The third kappa shape index (κ3) is 5.73. The maximum absolute atomic E-state index is 12.1. The molecule has 0 radical (unpaired) electrons. The van der Waals surface area contributed by atoms with Crippen LogP contribution in [0.5, 0.6) is 5.75 Å². The smallest absolute Gasteiger partial charge is 0.330 e. The van der Waals surface area contributed by atoms with E-state index in [-0.39, 0.29) is 11.2 Å². The summed E-state index contributed by atoms with van der Waals surface area (Å²) in [5.41, 5.74) is 1.27. The number of aromatic nitrogens is 4. The molecule has 0 saturated heterocycles. The van der Waals surface area contributed by atoms with Crippen LogP contribution in [-0.2, 0) is 20.5 Å². The molecular weight excluding hydrogens is 394 g/mol. The van der Waals surface area contributed by atoms with Crippen molar-refractivity contribution < 1.29 is 4.74 Å². The van der Waals surface area contributed by atoms with Gasteiger partial charge in [0, 0.05) is 56.5 Å². The van der Waals surface area contributed by atoms with E-state index in [1.54, 1.807) is 30.2 Å². The summed E-state index contributed by atoms with van der Waals surface area (Å²) in [5, 5.41) is 0. The Balaban J connectivity index is 1.49. The van der Waals surface area contributed by atoms with Crippen molar-refractivity contribution in [3.05, 3.63) is 75.6 Å². The van der Waals surface area contributed by atoms with Crippen LogP contribution in [-0.4, -0.2) is 49.3 Å². The Hall–Kier alpha value is -3.13. The van der Waals surface area contributed by atoms with Gasteiger partial charge in [-0.05, 0) is 57.5 Å². The zero-order chi connectivity index (χ0) is 22.4. The number of imidazole rings is 1. The average molecular weight is 426 g/mol. The number of hydrogen-bond donors (Lipinski definition) is 0. The third-order valence-corrected chi connectivity index (χ3v) is 5.52. The van der Waals surface area contributed by atoms with E-state index in [1.165, 1.54) is 7.05 Å². The van der Waals surface area contributed by atoms with E-state index in [4.69, 9.17) is 4.74 Å². The third-order valence-electron chi connectivity index (χ3n) is 5.52. The van der Waals surface area contributed by atoms with Crippen LogP contribution in [0.15, 0.2) is 58.6 Å². The topological polar surface area (TPSA) is 74.3 Å². The van der Waals surface area contributed by atoms with Crippen molar-refractivity contribution >= 4 is 0 Å². The van der Waals surface area contributed by atoms with Crippen molar-refractivity contribution in [2.75, 3.05) is 19.7 Å². The second-order valence-corrected chi connectivity index (χ2v) is 7.92. The summed E-state index contributed by atoms with van der Waals surface area (Å²) >= 11 is 0. The van der Waals surface area contributed by atoms with Crippen molar-refractivity contribution in [1.82, 2.24) is 23.6 Å². The fraction of sp³-hybridized carbons (Fsp3) is 0.435. The molecule has 0 aliphatic heterocycles. The van der Waals surface area contributed by atoms with Crippen molar-refractivity contribution in [2.24, 2.45) is 14.1 Å². The zero-order valence-electron chi connectivity index (χ0n) is 18.7. The molecule has 2 heterocycles. The van der Waals surface area contributed by atoms with E-state index >= 15 is 0 Å². The molecule has 31 heavy (non-hydrogen) atoms. The van der Waals surface area contributed by atoms with Gasteiger partial charge < -0.3 is 13.9 Å². The molecule has 1 aromatic carbocycles. The largest absolute Gasteiger partial charge is 0.492 e. The molecule has 2 aromatic heterocycles. The predicted molar refractivity (Wildman–Crippen MR) is 121 cm³/mol. The van der Waals surface area contributed by atoms with Gasteiger partial charge in [-0.15, -0.1) is 0 Å². The quantitative estimate of drug-likeness (QED) is 0.497. The first-order valence-corrected chi connectivity index (χ1v) is 10.6. The Labute approximate surface area is 182 Å². The van der Waals surface area contributed by atoms with Crippen LogP contribution in [0, 0.1) is 0 Å². The minimum Gasteiger partial charge on any atom is -0.492 e. The van der Waals surface area contributed by atoms with E-state index in [0.717, 1.165) is 41.2 Å². The Kier molecular flexibility index (Phi) is 7.46. The van der Waals surface area contributed by atoms with Gasteiger partial charge in [-0.3, -0.25) is 14.3 Å². The van der Waals surface area contributed by atoms with Crippen LogP contribution in [0.2, 0.25) is 0 Å². The first-order valence-electron chi connectivity index (χ1n) is 10.6. The van der Waals surface area contributed by atoms with Gasteiger partial charge in [-0.1, -0.05) is 0 Å². The highest BCUT2D eigenvalue weighted by atomic mass is 16.5. The average Bonchev–Trinajstić information content (AvgIpc) is 3.30. The molecule has 0 aliphatic rings. The molecule has 0 spiro atoms. The van der Waals surface area contributed by atoms with Gasteiger partial charge in [0.2, 0.25) is 0 Å². The molecule has 0 bridgehead atoms. The molecule has 0 fully saturated rings. The summed E-state index contributed by atoms with van der Waals surface area (Å²) < 4.78 is 10.6. The van der Waals surface area contributed by atoms with E-state index in [0.29, 0.717) is 19.1 Å². The minimum atomic E-state index is -0.282. The van der Waals surface area contributed by atoms with Crippen molar-refractivity contribution in [3.8, 4) is 11.4 Å². The van der Waals surface area contributed by atoms with Crippen LogP contribution in [0.25, 0.3) is 5.69 Å². The number of ether oxygens (including phenoxy) is 1. The maximum Gasteiger partial charge on any atom is 0.330 e. The molecule has 0 saturated carbocycles. The molecule has 8 heteroatoms. The van der Waals surface area contributed by atoms with Gasteiger partial charge in [0.1, 0.15) is 12.4 Å². The molecule has 0 atom stereocenters. The second-order valence-electron chi connectivity index (χ2n) is 7.92. The fourth-order valence-electron chi connectivity index (χ4n) is 3.52. The first kappa shape index (κ1) is 22.6. The number of aryl methyl sites for hydroxylation is 1. The molecule has 166 valence electrons. The van der Waals surface area contributed by atoms with Crippen molar-refractivity contribution in [1.29, 1.82) is 0 Å². The van der Waals surface area contributed by atoms with Gasteiger partial charge in [-0.2, -0.15) is 0 Å². The highest BCUT2D eigenvalue weighted by Crippen LogP contribution is 2.15. The number of benzene rings is 1. The monoisotopic (exact) mass is 425 g/mol. The summed E-state index contributed by atoms with van der Waals surface area (Å²) in [6.45, 7) is 6.58. The molecular formula is C23H31N5O3. The Morgan fingerprint density at radius 3 is 2.45 bits per heavy atom. The lowest BCUT2D eigenvalue weighted by atomic mass is 10.2.